The number of hydrogen-bond donors (Lipinski definition) is 0. The van der Waals surface area contributed by atoms with Gasteiger partial charge < -0.3 is 0 Å². The van der Waals surface area contributed by atoms with E-state index in [1.165, 1.54) is 53.5 Å². The molecule has 98 valence electrons. The van der Waals surface area contributed by atoms with Gasteiger partial charge in [0.25, 0.3) is 0 Å². The van der Waals surface area contributed by atoms with Crippen molar-refractivity contribution in [2.24, 2.45) is 0 Å². The second-order valence-corrected chi connectivity index (χ2v) is 5.92. The van der Waals surface area contributed by atoms with Crippen LogP contribution in [0.1, 0.15) is 40.7 Å². The van der Waals surface area contributed by atoms with Gasteiger partial charge in [-0.25, -0.2) is 0 Å². The Morgan fingerprint density at radius 2 is 1.58 bits per heavy atom. The topological polar surface area (TPSA) is 0 Å². The maximum absolute atomic E-state index is 2.34. The number of aryl methyl sites for hydroxylation is 4. The first-order valence-electron chi connectivity index (χ1n) is 7.36. The first-order valence-corrected chi connectivity index (χ1v) is 7.36. The monoisotopic (exact) mass is 250 g/mol. The van der Waals surface area contributed by atoms with Gasteiger partial charge in [-0.15, -0.1) is 0 Å². The SMILES string of the molecule is Cc1ccc(-c2c(C)ccc3c2CCCC3)c(C)c1. The Hall–Kier alpha value is -1.56. The van der Waals surface area contributed by atoms with E-state index in [-0.39, 0.29) is 0 Å². The molecule has 1 aliphatic rings. The smallest absolute Gasteiger partial charge is 0.0117 e. The highest BCUT2D eigenvalue weighted by molar-refractivity contribution is 5.75. The molecule has 0 atom stereocenters. The van der Waals surface area contributed by atoms with Crippen molar-refractivity contribution in [2.75, 3.05) is 0 Å². The Kier molecular flexibility index (Phi) is 3.18. The molecule has 2 aromatic carbocycles. The van der Waals surface area contributed by atoms with Crippen molar-refractivity contribution in [1.82, 2.24) is 0 Å². The third-order valence-corrected chi connectivity index (χ3v) is 4.39. The number of fused-ring (bicyclic) bond motifs is 1. The van der Waals surface area contributed by atoms with Gasteiger partial charge in [0.2, 0.25) is 0 Å². The minimum atomic E-state index is 1.25. The van der Waals surface area contributed by atoms with Gasteiger partial charge in [0.15, 0.2) is 0 Å². The summed E-state index contributed by atoms with van der Waals surface area (Å²) in [5.74, 6) is 0. The molecule has 0 heteroatoms. The molecule has 0 fully saturated rings. The van der Waals surface area contributed by atoms with Crippen LogP contribution in [-0.4, -0.2) is 0 Å². The maximum Gasteiger partial charge on any atom is -0.0117 e. The van der Waals surface area contributed by atoms with Crippen LogP contribution >= 0.6 is 0 Å². The highest BCUT2D eigenvalue weighted by Crippen LogP contribution is 2.36. The van der Waals surface area contributed by atoms with Gasteiger partial charge in [-0.3, -0.25) is 0 Å². The summed E-state index contributed by atoms with van der Waals surface area (Å²) in [6.07, 6.45) is 5.20. The molecule has 0 saturated heterocycles. The lowest BCUT2D eigenvalue weighted by atomic mass is 9.82. The highest BCUT2D eigenvalue weighted by atomic mass is 14.2. The molecule has 2 aromatic rings. The summed E-state index contributed by atoms with van der Waals surface area (Å²) >= 11 is 0. The Labute approximate surface area is 116 Å². The van der Waals surface area contributed by atoms with Gasteiger partial charge in [0.1, 0.15) is 0 Å². The van der Waals surface area contributed by atoms with Gasteiger partial charge in [0, 0.05) is 0 Å². The predicted molar refractivity (Wildman–Crippen MR) is 82.7 cm³/mol. The van der Waals surface area contributed by atoms with Crippen molar-refractivity contribution in [1.29, 1.82) is 0 Å². The normalized spacial score (nSPS) is 14.3. The Morgan fingerprint density at radius 1 is 0.789 bits per heavy atom. The minimum Gasteiger partial charge on any atom is -0.0587 e. The number of benzene rings is 2. The molecule has 0 bridgehead atoms. The van der Waals surface area contributed by atoms with Crippen LogP contribution in [0.5, 0.6) is 0 Å². The molecule has 3 rings (SSSR count). The largest absolute Gasteiger partial charge is 0.0587 e. The summed E-state index contributed by atoms with van der Waals surface area (Å²) in [5.41, 5.74) is 10.3. The molecule has 0 saturated carbocycles. The molecule has 0 N–H and O–H groups in total. The van der Waals surface area contributed by atoms with Crippen molar-refractivity contribution >= 4 is 0 Å². The molecule has 0 aliphatic heterocycles. The van der Waals surface area contributed by atoms with E-state index in [2.05, 4.69) is 51.1 Å². The van der Waals surface area contributed by atoms with Crippen LogP contribution in [0.15, 0.2) is 30.3 Å². The Balaban J connectivity index is 2.24. The zero-order valence-electron chi connectivity index (χ0n) is 12.2. The van der Waals surface area contributed by atoms with E-state index >= 15 is 0 Å². The summed E-state index contributed by atoms with van der Waals surface area (Å²) in [6.45, 7) is 6.66. The second-order valence-electron chi connectivity index (χ2n) is 5.92. The van der Waals surface area contributed by atoms with Crippen molar-refractivity contribution in [2.45, 2.75) is 46.5 Å². The van der Waals surface area contributed by atoms with Crippen LogP contribution in [-0.2, 0) is 12.8 Å². The summed E-state index contributed by atoms with van der Waals surface area (Å²) in [4.78, 5) is 0. The molecular formula is C19H22. The molecule has 0 nitrogen and oxygen atoms in total. The molecule has 19 heavy (non-hydrogen) atoms. The quantitative estimate of drug-likeness (QED) is 0.656. The van der Waals surface area contributed by atoms with Crippen molar-refractivity contribution in [3.63, 3.8) is 0 Å². The fourth-order valence-electron chi connectivity index (χ4n) is 3.41. The molecule has 0 unspecified atom stereocenters. The Bertz CT molecular complexity index is 620. The summed E-state index contributed by atoms with van der Waals surface area (Å²) in [5, 5.41) is 0. The van der Waals surface area contributed by atoms with E-state index < -0.39 is 0 Å². The van der Waals surface area contributed by atoms with Gasteiger partial charge >= 0.3 is 0 Å². The fraction of sp³-hybridized carbons (Fsp3) is 0.368. The van der Waals surface area contributed by atoms with Crippen molar-refractivity contribution in [3.8, 4) is 11.1 Å². The van der Waals surface area contributed by atoms with Crippen LogP contribution in [0, 0.1) is 20.8 Å². The molecule has 0 spiro atoms. The lowest BCUT2D eigenvalue weighted by Gasteiger charge is -2.22. The van der Waals surface area contributed by atoms with E-state index in [1.54, 1.807) is 11.1 Å². The zero-order chi connectivity index (χ0) is 13.4. The van der Waals surface area contributed by atoms with Gasteiger partial charge in [-0.2, -0.15) is 0 Å². The third kappa shape index (κ3) is 2.20. The van der Waals surface area contributed by atoms with Crippen molar-refractivity contribution in [3.05, 3.63) is 58.1 Å². The summed E-state index contributed by atoms with van der Waals surface area (Å²) in [7, 11) is 0. The molecule has 0 heterocycles. The Morgan fingerprint density at radius 3 is 2.37 bits per heavy atom. The standard InChI is InChI=1S/C19H22/c1-13-8-11-17(15(3)12-13)19-14(2)9-10-16-6-4-5-7-18(16)19/h8-12H,4-7H2,1-3H3. The van der Waals surface area contributed by atoms with Crippen LogP contribution < -0.4 is 0 Å². The molecular weight excluding hydrogens is 228 g/mol. The van der Waals surface area contributed by atoms with Gasteiger partial charge in [0.05, 0.1) is 0 Å². The fourth-order valence-corrected chi connectivity index (χ4v) is 3.41. The number of hydrogen-bond acceptors (Lipinski definition) is 0. The predicted octanol–water partition coefficient (Wildman–Crippen LogP) is 5.16. The lowest BCUT2D eigenvalue weighted by Crippen LogP contribution is -2.06. The van der Waals surface area contributed by atoms with Crippen LogP contribution in [0.4, 0.5) is 0 Å². The zero-order valence-corrected chi connectivity index (χ0v) is 12.2. The molecule has 0 aromatic heterocycles. The average molecular weight is 250 g/mol. The highest BCUT2D eigenvalue weighted by Gasteiger charge is 2.17. The number of rotatable bonds is 1. The van der Waals surface area contributed by atoms with Crippen LogP contribution in [0.25, 0.3) is 11.1 Å². The van der Waals surface area contributed by atoms with Gasteiger partial charge in [-0.1, -0.05) is 35.9 Å². The lowest BCUT2D eigenvalue weighted by molar-refractivity contribution is 0.686. The molecule has 1 aliphatic carbocycles. The van der Waals surface area contributed by atoms with Crippen LogP contribution in [0.2, 0.25) is 0 Å². The third-order valence-electron chi connectivity index (χ3n) is 4.39. The summed E-state index contributed by atoms with van der Waals surface area (Å²) in [6, 6.07) is 11.5. The summed E-state index contributed by atoms with van der Waals surface area (Å²) < 4.78 is 0. The van der Waals surface area contributed by atoms with Crippen LogP contribution in [0.3, 0.4) is 0 Å². The molecule has 0 radical (unpaired) electrons. The minimum absolute atomic E-state index is 1.25. The average Bonchev–Trinajstić information content (AvgIpc) is 2.40. The van der Waals surface area contributed by atoms with E-state index in [4.69, 9.17) is 0 Å². The first kappa shape index (κ1) is 12.5. The van der Waals surface area contributed by atoms with E-state index in [0.717, 1.165) is 0 Å². The van der Waals surface area contributed by atoms with E-state index in [1.807, 2.05) is 0 Å². The van der Waals surface area contributed by atoms with E-state index in [0.29, 0.717) is 0 Å². The van der Waals surface area contributed by atoms with E-state index in [9.17, 15) is 0 Å². The van der Waals surface area contributed by atoms with Gasteiger partial charge in [-0.05, 0) is 79.8 Å². The van der Waals surface area contributed by atoms with Crippen molar-refractivity contribution < 1.29 is 0 Å². The first-order chi connectivity index (χ1) is 9.16. The second kappa shape index (κ2) is 4.85. The maximum atomic E-state index is 2.34. The molecule has 0 amide bonds.